The molecular weight excluding hydrogens is 441 g/mol. The molecule has 0 spiro atoms. The highest BCUT2D eigenvalue weighted by Gasteiger charge is 2.27. The van der Waals surface area contributed by atoms with Gasteiger partial charge in [-0.3, -0.25) is 10.1 Å². The van der Waals surface area contributed by atoms with Crippen LogP contribution in [0.15, 0.2) is 35.5 Å². The van der Waals surface area contributed by atoms with Crippen molar-refractivity contribution in [3.05, 3.63) is 47.8 Å². The fraction of sp³-hybridized carbons (Fsp3) is 0.375. The molecule has 0 aliphatic carbocycles. The van der Waals surface area contributed by atoms with E-state index in [-0.39, 0.29) is 35.7 Å². The summed E-state index contributed by atoms with van der Waals surface area (Å²) in [6.45, 7) is 1.67. The molecule has 3 rings (SSSR count). The Kier molecular flexibility index (Phi) is 6.97. The highest BCUT2D eigenvalue weighted by Crippen LogP contribution is 2.26. The summed E-state index contributed by atoms with van der Waals surface area (Å²) in [6, 6.07) is 5.88. The molecule has 25 heavy (non-hydrogen) atoms. The Morgan fingerprint density at radius 3 is 2.76 bits per heavy atom. The van der Waals surface area contributed by atoms with Gasteiger partial charge in [0.05, 0.1) is 12.2 Å². The Bertz CT molecular complexity index is 686. The molecule has 136 valence electrons. The molecule has 1 aliphatic rings. The molecule has 0 bridgehead atoms. The topological polar surface area (TPSA) is 68.3 Å². The molecule has 1 aliphatic heterocycles. The Morgan fingerprint density at radius 1 is 1.36 bits per heavy atom. The Labute approximate surface area is 162 Å². The second-order valence-corrected chi connectivity index (χ2v) is 5.65. The number of hydrogen-bond donors (Lipinski definition) is 3. The lowest BCUT2D eigenvalue weighted by atomic mass is 10.2. The monoisotopic (exact) mass is 462 g/mol. The number of benzene rings is 1. The zero-order chi connectivity index (χ0) is 16.9. The number of para-hydroxylation sites is 1. The zero-order valence-corrected chi connectivity index (χ0v) is 16.1. The van der Waals surface area contributed by atoms with Crippen LogP contribution in [0.5, 0.6) is 0 Å². The van der Waals surface area contributed by atoms with E-state index in [1.54, 1.807) is 18.1 Å². The molecule has 1 atom stereocenters. The predicted molar refractivity (Wildman–Crippen MR) is 104 cm³/mol. The summed E-state index contributed by atoms with van der Waals surface area (Å²) in [5.74, 6) is -0.416. The van der Waals surface area contributed by atoms with Crippen LogP contribution in [-0.4, -0.2) is 42.3 Å². The van der Waals surface area contributed by atoms with Gasteiger partial charge in [0.25, 0.3) is 0 Å². The third-order valence-corrected chi connectivity index (χ3v) is 4.01. The van der Waals surface area contributed by atoms with Crippen LogP contribution < -0.4 is 15.5 Å². The van der Waals surface area contributed by atoms with E-state index >= 15 is 0 Å². The van der Waals surface area contributed by atoms with E-state index in [0.717, 1.165) is 12.1 Å². The van der Waals surface area contributed by atoms with Gasteiger partial charge >= 0.3 is 0 Å². The zero-order valence-electron chi connectivity index (χ0n) is 13.8. The normalized spacial score (nSPS) is 17.3. The Hall–Kier alpha value is -1.91. The summed E-state index contributed by atoms with van der Waals surface area (Å²) in [5.41, 5.74) is 0.988. The van der Waals surface area contributed by atoms with Gasteiger partial charge in [0.15, 0.2) is 5.96 Å². The number of rotatable bonds is 4. The van der Waals surface area contributed by atoms with Crippen molar-refractivity contribution < 1.29 is 8.78 Å². The fourth-order valence-electron chi connectivity index (χ4n) is 2.82. The molecule has 0 saturated carbocycles. The number of nitrogens with one attached hydrogen (secondary N) is 3. The van der Waals surface area contributed by atoms with Gasteiger partial charge in [-0.25, -0.2) is 8.78 Å². The van der Waals surface area contributed by atoms with Gasteiger partial charge < -0.3 is 15.5 Å². The molecule has 9 heteroatoms. The molecule has 1 aromatic carbocycles. The van der Waals surface area contributed by atoms with Gasteiger partial charge in [-0.2, -0.15) is 5.10 Å². The van der Waals surface area contributed by atoms with E-state index in [1.165, 1.54) is 18.2 Å². The number of hydrogen-bond acceptors (Lipinski definition) is 3. The Morgan fingerprint density at radius 2 is 2.12 bits per heavy atom. The average molecular weight is 462 g/mol. The van der Waals surface area contributed by atoms with Crippen molar-refractivity contribution in [2.45, 2.75) is 19.0 Å². The molecule has 1 fully saturated rings. The molecule has 1 unspecified atom stereocenters. The Balaban J connectivity index is 0.00000225. The van der Waals surface area contributed by atoms with Crippen molar-refractivity contribution in [2.24, 2.45) is 4.99 Å². The van der Waals surface area contributed by atoms with E-state index in [2.05, 4.69) is 25.8 Å². The average Bonchev–Trinajstić information content (AvgIpc) is 3.23. The summed E-state index contributed by atoms with van der Waals surface area (Å²) >= 11 is 0. The molecule has 0 amide bonds. The van der Waals surface area contributed by atoms with Gasteiger partial charge in [0.2, 0.25) is 0 Å². The van der Waals surface area contributed by atoms with Crippen LogP contribution >= 0.6 is 24.0 Å². The molecule has 1 aromatic heterocycles. The van der Waals surface area contributed by atoms with E-state index in [4.69, 9.17) is 0 Å². The smallest absolute Gasteiger partial charge is 0.191 e. The summed E-state index contributed by atoms with van der Waals surface area (Å²) in [6.07, 6.45) is 2.46. The van der Waals surface area contributed by atoms with Gasteiger partial charge in [-0.05, 0) is 24.6 Å². The number of H-pyrrole nitrogens is 1. The number of anilines is 1. The first kappa shape index (κ1) is 19.4. The second kappa shape index (κ2) is 8.97. The minimum absolute atomic E-state index is 0. The molecular formula is C16H21F2IN6. The lowest BCUT2D eigenvalue weighted by Crippen LogP contribution is -2.44. The SMILES string of the molecule is CN=C(NCc1ccn[nH]1)NC1CCN(c2c(F)cccc2F)C1.I. The molecule has 0 radical (unpaired) electrons. The maximum Gasteiger partial charge on any atom is 0.191 e. The predicted octanol–water partition coefficient (Wildman–Crippen LogP) is 2.25. The van der Waals surface area contributed by atoms with Crippen LogP contribution in [0.4, 0.5) is 14.5 Å². The lowest BCUT2D eigenvalue weighted by molar-refractivity contribution is 0.576. The van der Waals surface area contributed by atoms with Crippen LogP contribution in [0.2, 0.25) is 0 Å². The van der Waals surface area contributed by atoms with E-state index < -0.39 is 11.6 Å². The fourth-order valence-corrected chi connectivity index (χ4v) is 2.82. The molecule has 2 aromatic rings. The van der Waals surface area contributed by atoms with Crippen LogP contribution in [-0.2, 0) is 6.54 Å². The van der Waals surface area contributed by atoms with Crippen molar-refractivity contribution in [2.75, 3.05) is 25.0 Å². The number of guanidine groups is 1. The number of aliphatic imine (C=N–C) groups is 1. The molecule has 6 nitrogen and oxygen atoms in total. The van der Waals surface area contributed by atoms with E-state index in [1.807, 2.05) is 6.07 Å². The van der Waals surface area contributed by atoms with Gasteiger partial charge in [-0.15, -0.1) is 24.0 Å². The lowest BCUT2D eigenvalue weighted by Gasteiger charge is -2.21. The van der Waals surface area contributed by atoms with E-state index in [9.17, 15) is 8.78 Å². The minimum atomic E-state index is -0.530. The van der Waals surface area contributed by atoms with Crippen molar-refractivity contribution in [1.29, 1.82) is 0 Å². The van der Waals surface area contributed by atoms with Gasteiger partial charge in [0, 0.05) is 32.4 Å². The molecule has 2 heterocycles. The highest BCUT2D eigenvalue weighted by molar-refractivity contribution is 14.0. The van der Waals surface area contributed by atoms with Crippen LogP contribution in [0.3, 0.4) is 0 Å². The van der Waals surface area contributed by atoms with Crippen molar-refractivity contribution in [3.63, 3.8) is 0 Å². The number of halogens is 3. The first-order valence-electron chi connectivity index (χ1n) is 7.81. The van der Waals surface area contributed by atoms with Crippen LogP contribution in [0.1, 0.15) is 12.1 Å². The highest BCUT2D eigenvalue weighted by atomic mass is 127. The number of aromatic amines is 1. The van der Waals surface area contributed by atoms with Gasteiger partial charge in [-0.1, -0.05) is 6.07 Å². The van der Waals surface area contributed by atoms with Crippen LogP contribution in [0, 0.1) is 11.6 Å². The second-order valence-electron chi connectivity index (χ2n) is 5.65. The summed E-state index contributed by atoms with van der Waals surface area (Å²) in [7, 11) is 1.69. The first-order valence-corrected chi connectivity index (χ1v) is 7.81. The summed E-state index contributed by atoms with van der Waals surface area (Å²) < 4.78 is 27.8. The summed E-state index contributed by atoms with van der Waals surface area (Å²) in [4.78, 5) is 5.90. The van der Waals surface area contributed by atoms with Crippen molar-refractivity contribution >= 4 is 35.6 Å². The largest absolute Gasteiger partial charge is 0.365 e. The van der Waals surface area contributed by atoms with E-state index in [0.29, 0.717) is 25.6 Å². The first-order chi connectivity index (χ1) is 11.7. The quantitative estimate of drug-likeness (QED) is 0.371. The maximum atomic E-state index is 13.9. The van der Waals surface area contributed by atoms with Crippen LogP contribution in [0.25, 0.3) is 0 Å². The third kappa shape index (κ3) is 4.80. The number of aromatic nitrogens is 2. The van der Waals surface area contributed by atoms with Gasteiger partial charge in [0.1, 0.15) is 17.3 Å². The van der Waals surface area contributed by atoms with Crippen molar-refractivity contribution in [3.8, 4) is 0 Å². The third-order valence-electron chi connectivity index (χ3n) is 4.01. The molecule has 3 N–H and O–H groups in total. The van der Waals surface area contributed by atoms with Crippen molar-refractivity contribution in [1.82, 2.24) is 20.8 Å². The maximum absolute atomic E-state index is 13.9. The standard InChI is InChI=1S/C16H20F2N6.HI/c1-19-16(20-9-11-5-7-21-23-11)22-12-6-8-24(10-12)15-13(17)3-2-4-14(15)18;/h2-5,7,12H,6,8-10H2,1H3,(H,21,23)(H2,19,20,22);1H. The minimum Gasteiger partial charge on any atom is -0.365 e. The molecule has 1 saturated heterocycles. The number of nitrogens with zero attached hydrogens (tertiary/aromatic N) is 3. The summed E-state index contributed by atoms with van der Waals surface area (Å²) in [5, 5.41) is 13.2.